The van der Waals surface area contributed by atoms with Gasteiger partial charge in [0.25, 0.3) is 0 Å². The van der Waals surface area contributed by atoms with Gasteiger partial charge in [0.15, 0.2) is 6.10 Å². The summed E-state index contributed by atoms with van der Waals surface area (Å²) in [5.74, 6) is -1.01. The van der Waals surface area contributed by atoms with E-state index in [0.717, 1.165) is 11.1 Å². The number of aromatic carboxylic acids is 1. The minimum absolute atomic E-state index is 0.0969. The smallest absolute Gasteiger partial charge is 0.372 e. The molecule has 1 atom stereocenters. The molecule has 0 heterocycles. The first-order valence-electron chi connectivity index (χ1n) is 7.94. The number of nitrogens with one attached hydrogen (secondary N) is 1. The van der Waals surface area contributed by atoms with E-state index in [1.807, 2.05) is 39.0 Å². The van der Waals surface area contributed by atoms with Crippen LogP contribution in [0.4, 0.5) is 5.69 Å². The van der Waals surface area contributed by atoms with Crippen LogP contribution in [0.5, 0.6) is 5.75 Å². The number of carboxylic acid groups (broad SMARTS) is 1. The molecule has 0 saturated heterocycles. The molecule has 0 saturated carbocycles. The van der Waals surface area contributed by atoms with Crippen molar-refractivity contribution in [3.05, 3.63) is 59.2 Å². The predicted octanol–water partition coefficient (Wildman–Crippen LogP) is 3.73. The summed E-state index contributed by atoms with van der Waals surface area (Å²) in [6, 6.07) is 11.7. The highest BCUT2D eigenvalue weighted by molar-refractivity contribution is 5.88. The number of hydrogen-bond donors (Lipinski definition) is 2. The van der Waals surface area contributed by atoms with Gasteiger partial charge in [-0.1, -0.05) is 30.7 Å². The van der Waals surface area contributed by atoms with E-state index < -0.39 is 18.0 Å². The Labute approximate surface area is 146 Å². The van der Waals surface area contributed by atoms with Gasteiger partial charge >= 0.3 is 11.9 Å². The van der Waals surface area contributed by atoms with Crippen LogP contribution in [-0.4, -0.2) is 23.1 Å². The Morgan fingerprint density at radius 3 is 2.56 bits per heavy atom. The number of carbonyl (C=O) groups excluding carboxylic acids is 1. The SMILES string of the molecule is CCC(Oc1ccc(C)cc1C)C(=O)ONc1cccc(C(=O)O)c1. The summed E-state index contributed by atoms with van der Waals surface area (Å²) in [6.07, 6.45) is -0.334. The third-order valence-corrected chi connectivity index (χ3v) is 3.61. The summed E-state index contributed by atoms with van der Waals surface area (Å²) in [7, 11) is 0. The average molecular weight is 343 g/mol. The molecule has 6 nitrogen and oxygen atoms in total. The quantitative estimate of drug-likeness (QED) is 0.745. The van der Waals surface area contributed by atoms with Gasteiger partial charge in [-0.15, -0.1) is 0 Å². The van der Waals surface area contributed by atoms with Gasteiger partial charge in [-0.25, -0.2) is 15.1 Å². The number of hydrogen-bond acceptors (Lipinski definition) is 5. The highest BCUT2D eigenvalue weighted by Crippen LogP contribution is 2.21. The highest BCUT2D eigenvalue weighted by atomic mass is 16.7. The van der Waals surface area contributed by atoms with E-state index >= 15 is 0 Å². The van der Waals surface area contributed by atoms with Crippen LogP contribution in [0.25, 0.3) is 0 Å². The molecule has 25 heavy (non-hydrogen) atoms. The van der Waals surface area contributed by atoms with Crippen LogP contribution in [0.2, 0.25) is 0 Å². The molecule has 0 aliphatic heterocycles. The lowest BCUT2D eigenvalue weighted by Crippen LogP contribution is -2.30. The first kappa shape index (κ1) is 18.3. The van der Waals surface area contributed by atoms with Crippen LogP contribution in [0.15, 0.2) is 42.5 Å². The van der Waals surface area contributed by atoms with Crippen LogP contribution in [0, 0.1) is 13.8 Å². The van der Waals surface area contributed by atoms with Crippen molar-refractivity contribution in [2.45, 2.75) is 33.3 Å². The second-order valence-electron chi connectivity index (χ2n) is 5.69. The summed E-state index contributed by atoms with van der Waals surface area (Å²) in [4.78, 5) is 28.2. The van der Waals surface area contributed by atoms with E-state index in [1.165, 1.54) is 12.1 Å². The van der Waals surface area contributed by atoms with E-state index in [2.05, 4.69) is 5.48 Å². The molecule has 0 amide bonds. The maximum Gasteiger partial charge on any atom is 0.372 e. The summed E-state index contributed by atoms with van der Waals surface area (Å²) >= 11 is 0. The Morgan fingerprint density at radius 2 is 1.92 bits per heavy atom. The highest BCUT2D eigenvalue weighted by Gasteiger charge is 2.21. The van der Waals surface area contributed by atoms with E-state index in [-0.39, 0.29) is 5.56 Å². The predicted molar refractivity (Wildman–Crippen MR) is 93.7 cm³/mol. The molecule has 0 spiro atoms. The molecule has 0 aliphatic carbocycles. The largest absolute Gasteiger partial charge is 0.478 e. The van der Waals surface area contributed by atoms with Gasteiger partial charge in [-0.05, 0) is 50.1 Å². The molecule has 0 aliphatic rings. The lowest BCUT2D eigenvalue weighted by molar-refractivity contribution is -0.149. The Hall–Kier alpha value is -3.02. The maximum absolute atomic E-state index is 12.2. The van der Waals surface area contributed by atoms with Crippen LogP contribution < -0.4 is 10.2 Å². The number of benzene rings is 2. The van der Waals surface area contributed by atoms with Gasteiger partial charge in [0.1, 0.15) is 5.75 Å². The molecule has 0 fully saturated rings. The van der Waals surface area contributed by atoms with Crippen molar-refractivity contribution in [3.8, 4) is 5.75 Å². The number of rotatable bonds is 7. The average Bonchev–Trinajstić information content (AvgIpc) is 2.59. The molecule has 1 unspecified atom stereocenters. The summed E-state index contributed by atoms with van der Waals surface area (Å²) in [5, 5.41) is 8.97. The monoisotopic (exact) mass is 343 g/mol. The van der Waals surface area contributed by atoms with E-state index in [9.17, 15) is 9.59 Å². The van der Waals surface area contributed by atoms with Crippen molar-refractivity contribution in [3.63, 3.8) is 0 Å². The fourth-order valence-corrected chi connectivity index (χ4v) is 2.27. The summed E-state index contributed by atoms with van der Waals surface area (Å²) in [5.41, 5.74) is 4.99. The molecule has 2 N–H and O–H groups in total. The zero-order valence-electron chi connectivity index (χ0n) is 14.4. The normalized spacial score (nSPS) is 11.5. The first-order valence-corrected chi connectivity index (χ1v) is 7.94. The Kier molecular flexibility index (Phi) is 6.00. The first-order chi connectivity index (χ1) is 11.9. The second-order valence-corrected chi connectivity index (χ2v) is 5.69. The third kappa shape index (κ3) is 4.97. The molecule has 2 rings (SSSR count). The third-order valence-electron chi connectivity index (χ3n) is 3.61. The van der Waals surface area contributed by atoms with Crippen molar-refractivity contribution in [1.29, 1.82) is 0 Å². The lowest BCUT2D eigenvalue weighted by atomic mass is 10.1. The summed E-state index contributed by atoms with van der Waals surface area (Å²) < 4.78 is 5.75. The van der Waals surface area contributed by atoms with E-state index in [4.69, 9.17) is 14.7 Å². The number of ether oxygens (including phenoxy) is 1. The lowest BCUT2D eigenvalue weighted by Gasteiger charge is -2.18. The van der Waals surface area contributed by atoms with Crippen LogP contribution in [0.1, 0.15) is 34.8 Å². The molecular formula is C19H21NO5. The number of anilines is 1. The summed E-state index contributed by atoms with van der Waals surface area (Å²) in [6.45, 7) is 5.72. The molecule has 0 aromatic heterocycles. The van der Waals surface area contributed by atoms with Crippen molar-refractivity contribution in [2.75, 3.05) is 5.48 Å². The van der Waals surface area contributed by atoms with Gasteiger partial charge in [0.2, 0.25) is 0 Å². The molecule has 132 valence electrons. The fourth-order valence-electron chi connectivity index (χ4n) is 2.27. The molecule has 2 aromatic carbocycles. The minimum Gasteiger partial charge on any atom is -0.478 e. The Bertz CT molecular complexity index is 772. The van der Waals surface area contributed by atoms with Crippen LogP contribution in [-0.2, 0) is 9.63 Å². The van der Waals surface area contributed by atoms with Gasteiger partial charge in [0.05, 0.1) is 11.3 Å². The number of carboxylic acids is 1. The van der Waals surface area contributed by atoms with E-state index in [0.29, 0.717) is 17.9 Å². The maximum atomic E-state index is 12.2. The Morgan fingerprint density at radius 1 is 1.16 bits per heavy atom. The Balaban J connectivity index is 2.00. The van der Waals surface area contributed by atoms with E-state index in [1.54, 1.807) is 12.1 Å². The number of aryl methyl sites for hydroxylation is 2. The van der Waals surface area contributed by atoms with Crippen LogP contribution in [0.3, 0.4) is 0 Å². The van der Waals surface area contributed by atoms with Crippen molar-refractivity contribution in [2.24, 2.45) is 0 Å². The standard InChI is InChI=1S/C19H21NO5/c1-4-16(24-17-9-8-12(2)10-13(17)3)19(23)25-20-15-7-5-6-14(11-15)18(21)22/h5-11,16,20H,4H2,1-3H3,(H,21,22). The number of carbonyl (C=O) groups is 2. The van der Waals surface area contributed by atoms with Gasteiger partial charge in [-0.2, -0.15) is 0 Å². The molecule has 0 bridgehead atoms. The topological polar surface area (TPSA) is 84.9 Å². The second kappa shape index (κ2) is 8.19. The fraction of sp³-hybridized carbons (Fsp3) is 0.263. The van der Waals surface area contributed by atoms with Crippen LogP contribution >= 0.6 is 0 Å². The minimum atomic E-state index is -1.06. The van der Waals surface area contributed by atoms with Crippen molar-refractivity contribution in [1.82, 2.24) is 0 Å². The van der Waals surface area contributed by atoms with Gasteiger partial charge < -0.3 is 14.7 Å². The van der Waals surface area contributed by atoms with Gasteiger partial charge in [0, 0.05) is 0 Å². The van der Waals surface area contributed by atoms with Crippen molar-refractivity contribution >= 4 is 17.6 Å². The molecule has 2 aromatic rings. The van der Waals surface area contributed by atoms with Gasteiger partial charge in [-0.3, -0.25) is 0 Å². The zero-order chi connectivity index (χ0) is 18.4. The molecule has 6 heteroatoms. The molecular weight excluding hydrogens is 322 g/mol. The zero-order valence-corrected chi connectivity index (χ0v) is 14.4. The molecule has 0 radical (unpaired) electrons. The van der Waals surface area contributed by atoms with Crippen molar-refractivity contribution < 1.29 is 24.3 Å².